The summed E-state index contributed by atoms with van der Waals surface area (Å²) in [5, 5.41) is 4.09. The summed E-state index contributed by atoms with van der Waals surface area (Å²) in [4.78, 5) is 25.2. The number of carbonyl (C=O) groups is 2. The molecule has 124 valence electrons. The standard InChI is InChI=1S/C19H19NO3S/c1-23-19(22)12-8-6-11(7-9-12)14-10-16(21)20-18-17(14)13-4-2-3-5-15(13)24-18/h6-9,14H,2-5,10H2,1H3,(H,20,21)/t14-/m1/s1. The quantitative estimate of drug-likeness (QED) is 0.843. The van der Waals surface area contributed by atoms with Crippen molar-refractivity contribution in [1.82, 2.24) is 0 Å². The maximum absolute atomic E-state index is 12.2. The van der Waals surface area contributed by atoms with E-state index >= 15 is 0 Å². The van der Waals surface area contributed by atoms with Gasteiger partial charge in [-0.3, -0.25) is 4.79 Å². The zero-order valence-corrected chi connectivity index (χ0v) is 14.4. The molecule has 0 saturated heterocycles. The molecule has 5 heteroatoms. The number of thiophene rings is 1. The van der Waals surface area contributed by atoms with Crippen LogP contribution in [0.25, 0.3) is 0 Å². The van der Waals surface area contributed by atoms with Gasteiger partial charge in [-0.2, -0.15) is 0 Å². The molecule has 0 radical (unpaired) electrons. The Labute approximate surface area is 144 Å². The van der Waals surface area contributed by atoms with Crippen molar-refractivity contribution in [1.29, 1.82) is 0 Å². The van der Waals surface area contributed by atoms with Crippen LogP contribution in [0.2, 0.25) is 0 Å². The highest BCUT2D eigenvalue weighted by molar-refractivity contribution is 7.16. The van der Waals surface area contributed by atoms with Crippen molar-refractivity contribution in [3.63, 3.8) is 0 Å². The van der Waals surface area contributed by atoms with Gasteiger partial charge < -0.3 is 10.1 Å². The molecule has 1 aromatic carbocycles. The first kappa shape index (κ1) is 15.4. The fraction of sp³-hybridized carbons (Fsp3) is 0.368. The molecule has 1 amide bonds. The molecule has 0 spiro atoms. The number of rotatable bonds is 2. The van der Waals surface area contributed by atoms with E-state index in [1.54, 1.807) is 23.5 Å². The van der Waals surface area contributed by atoms with Gasteiger partial charge >= 0.3 is 5.97 Å². The SMILES string of the molecule is COC(=O)c1ccc([C@H]2CC(=O)Nc3sc4c(c32)CCCC4)cc1. The Morgan fingerprint density at radius 2 is 1.96 bits per heavy atom. The van der Waals surface area contributed by atoms with Crippen molar-refractivity contribution in [2.75, 3.05) is 12.4 Å². The van der Waals surface area contributed by atoms with Crippen molar-refractivity contribution in [2.24, 2.45) is 0 Å². The van der Waals surface area contributed by atoms with E-state index in [-0.39, 0.29) is 17.8 Å². The molecule has 2 aromatic rings. The largest absolute Gasteiger partial charge is 0.465 e. The van der Waals surface area contributed by atoms with E-state index < -0.39 is 0 Å². The lowest BCUT2D eigenvalue weighted by Crippen LogP contribution is -2.23. The number of nitrogens with one attached hydrogen (secondary N) is 1. The number of aryl methyl sites for hydroxylation is 1. The molecular formula is C19H19NO3S. The number of esters is 1. The van der Waals surface area contributed by atoms with Gasteiger partial charge in [0.25, 0.3) is 0 Å². The second-order valence-corrected chi connectivity index (χ2v) is 7.48. The zero-order chi connectivity index (χ0) is 16.7. The molecule has 0 unspecified atom stereocenters. The maximum Gasteiger partial charge on any atom is 0.337 e. The highest BCUT2D eigenvalue weighted by Gasteiger charge is 2.33. The molecule has 4 nitrogen and oxygen atoms in total. The summed E-state index contributed by atoms with van der Waals surface area (Å²) >= 11 is 1.75. The van der Waals surface area contributed by atoms with Gasteiger partial charge in [-0.1, -0.05) is 12.1 Å². The lowest BCUT2D eigenvalue weighted by atomic mass is 9.82. The molecule has 0 saturated carbocycles. The summed E-state index contributed by atoms with van der Waals surface area (Å²) < 4.78 is 4.76. The van der Waals surface area contributed by atoms with E-state index in [4.69, 9.17) is 4.74 Å². The van der Waals surface area contributed by atoms with Crippen LogP contribution in [0.3, 0.4) is 0 Å². The number of methoxy groups -OCH3 is 1. The minimum Gasteiger partial charge on any atom is -0.465 e. The number of ether oxygens (including phenoxy) is 1. The first-order valence-corrected chi connectivity index (χ1v) is 9.11. The van der Waals surface area contributed by atoms with Crippen LogP contribution >= 0.6 is 11.3 Å². The average Bonchev–Trinajstić information content (AvgIpc) is 2.98. The Hall–Kier alpha value is -2.14. The third kappa shape index (κ3) is 2.53. The van der Waals surface area contributed by atoms with E-state index in [1.807, 2.05) is 12.1 Å². The Balaban J connectivity index is 1.75. The normalized spacial score (nSPS) is 19.2. The number of hydrogen-bond donors (Lipinski definition) is 1. The molecule has 2 aliphatic rings. The summed E-state index contributed by atoms with van der Waals surface area (Å²) in [6.07, 6.45) is 5.15. The molecule has 0 bridgehead atoms. The average molecular weight is 341 g/mol. The summed E-state index contributed by atoms with van der Waals surface area (Å²) in [5.41, 5.74) is 4.38. The predicted molar refractivity (Wildman–Crippen MR) is 93.8 cm³/mol. The molecule has 1 aliphatic heterocycles. The van der Waals surface area contributed by atoms with Crippen molar-refractivity contribution in [2.45, 2.75) is 38.0 Å². The van der Waals surface area contributed by atoms with Gasteiger partial charge in [0.2, 0.25) is 5.91 Å². The first-order chi connectivity index (χ1) is 11.7. The van der Waals surface area contributed by atoms with E-state index in [9.17, 15) is 9.59 Å². The molecule has 2 heterocycles. The number of fused-ring (bicyclic) bond motifs is 3. The fourth-order valence-corrected chi connectivity index (χ4v) is 5.14. The van der Waals surface area contributed by atoms with Gasteiger partial charge in [-0.05, 0) is 54.5 Å². The number of amides is 1. The highest BCUT2D eigenvalue weighted by Crippen LogP contribution is 2.47. The lowest BCUT2D eigenvalue weighted by Gasteiger charge is -2.25. The van der Waals surface area contributed by atoms with Crippen LogP contribution < -0.4 is 5.32 Å². The fourth-order valence-electron chi connectivity index (χ4n) is 3.77. The van der Waals surface area contributed by atoms with Crippen molar-refractivity contribution >= 4 is 28.2 Å². The van der Waals surface area contributed by atoms with Crippen LogP contribution in [0.1, 0.15) is 57.1 Å². The van der Waals surface area contributed by atoms with Crippen LogP contribution in [-0.4, -0.2) is 19.0 Å². The van der Waals surface area contributed by atoms with E-state index in [0.29, 0.717) is 12.0 Å². The Kier molecular flexibility index (Phi) is 3.88. The third-order valence-corrected chi connectivity index (χ3v) is 6.16. The zero-order valence-electron chi connectivity index (χ0n) is 13.6. The summed E-state index contributed by atoms with van der Waals surface area (Å²) in [6.45, 7) is 0. The molecule has 4 rings (SSSR count). The van der Waals surface area contributed by atoms with Crippen molar-refractivity contribution in [3.8, 4) is 0 Å². The smallest absolute Gasteiger partial charge is 0.337 e. The molecule has 1 atom stereocenters. The topological polar surface area (TPSA) is 55.4 Å². The van der Waals surface area contributed by atoms with Crippen molar-refractivity contribution in [3.05, 3.63) is 51.4 Å². The molecule has 1 N–H and O–H groups in total. The minimum absolute atomic E-state index is 0.0724. The second-order valence-electron chi connectivity index (χ2n) is 6.37. The first-order valence-electron chi connectivity index (χ1n) is 8.30. The lowest BCUT2D eigenvalue weighted by molar-refractivity contribution is -0.116. The van der Waals surface area contributed by atoms with Crippen LogP contribution in [-0.2, 0) is 22.4 Å². The van der Waals surface area contributed by atoms with E-state index in [1.165, 1.54) is 36.0 Å². The summed E-state index contributed by atoms with van der Waals surface area (Å²) in [7, 11) is 1.38. The van der Waals surface area contributed by atoms with E-state index in [2.05, 4.69) is 5.32 Å². The summed E-state index contributed by atoms with van der Waals surface area (Å²) in [6, 6.07) is 7.47. The third-order valence-electron chi connectivity index (χ3n) is 4.94. The second kappa shape index (κ2) is 6.06. The van der Waals surface area contributed by atoms with E-state index in [0.717, 1.165) is 23.4 Å². The van der Waals surface area contributed by atoms with Crippen molar-refractivity contribution < 1.29 is 14.3 Å². The minimum atomic E-state index is -0.337. The highest BCUT2D eigenvalue weighted by atomic mass is 32.1. The summed E-state index contributed by atoms with van der Waals surface area (Å²) in [5.74, 6) is -0.182. The predicted octanol–water partition coefficient (Wildman–Crippen LogP) is 3.89. The Morgan fingerprint density at radius 1 is 1.21 bits per heavy atom. The van der Waals surface area contributed by atoms with Crippen LogP contribution in [0.15, 0.2) is 24.3 Å². The molecule has 24 heavy (non-hydrogen) atoms. The van der Waals surface area contributed by atoms with Crippen LogP contribution in [0, 0.1) is 0 Å². The van der Waals surface area contributed by atoms with Gasteiger partial charge in [-0.25, -0.2) is 4.79 Å². The number of carbonyl (C=O) groups excluding carboxylic acids is 2. The van der Waals surface area contributed by atoms with Gasteiger partial charge in [0.1, 0.15) is 0 Å². The Morgan fingerprint density at radius 3 is 2.71 bits per heavy atom. The van der Waals surface area contributed by atoms with Gasteiger partial charge in [0.05, 0.1) is 17.7 Å². The molecule has 0 fully saturated rings. The van der Waals surface area contributed by atoms with Crippen LogP contribution in [0.4, 0.5) is 5.00 Å². The van der Waals surface area contributed by atoms with Gasteiger partial charge in [0, 0.05) is 17.2 Å². The molecular weight excluding hydrogens is 322 g/mol. The maximum atomic E-state index is 12.2. The number of hydrogen-bond acceptors (Lipinski definition) is 4. The van der Waals surface area contributed by atoms with Gasteiger partial charge in [-0.15, -0.1) is 11.3 Å². The molecule has 1 aliphatic carbocycles. The van der Waals surface area contributed by atoms with Gasteiger partial charge in [0.15, 0.2) is 0 Å². The molecule has 1 aromatic heterocycles. The number of benzene rings is 1. The van der Waals surface area contributed by atoms with Crippen LogP contribution in [0.5, 0.6) is 0 Å². The monoisotopic (exact) mass is 341 g/mol. The Bertz CT molecular complexity index is 807. The number of anilines is 1.